The van der Waals surface area contributed by atoms with Gasteiger partial charge in [0, 0.05) is 6.20 Å². The lowest BCUT2D eigenvalue weighted by Crippen LogP contribution is -1.92. The maximum absolute atomic E-state index is 13.0. The van der Waals surface area contributed by atoms with Crippen LogP contribution in [0.4, 0.5) is 4.39 Å². The summed E-state index contributed by atoms with van der Waals surface area (Å²) in [6.45, 7) is 0. The molecule has 4 heteroatoms. The standard InChI is InChI=1S/C7H6FNOS/c1-11-7-6(8)5(4-10)2-3-9-7/h2-4H,1H3. The molecular formula is C7H6FNOS. The molecule has 0 saturated heterocycles. The molecule has 1 heterocycles. The molecule has 11 heavy (non-hydrogen) atoms. The van der Waals surface area contributed by atoms with Crippen LogP contribution in [0.3, 0.4) is 0 Å². The normalized spacial score (nSPS) is 9.64. The molecule has 0 bridgehead atoms. The summed E-state index contributed by atoms with van der Waals surface area (Å²) in [5.41, 5.74) is 0.0596. The fraction of sp³-hybridized carbons (Fsp3) is 0.143. The van der Waals surface area contributed by atoms with Crippen LogP contribution < -0.4 is 0 Å². The van der Waals surface area contributed by atoms with E-state index in [2.05, 4.69) is 4.98 Å². The lowest BCUT2D eigenvalue weighted by atomic mass is 10.3. The van der Waals surface area contributed by atoms with Crippen molar-refractivity contribution >= 4 is 18.0 Å². The van der Waals surface area contributed by atoms with Crippen LogP contribution >= 0.6 is 11.8 Å². The van der Waals surface area contributed by atoms with Crippen molar-refractivity contribution in [2.75, 3.05) is 6.26 Å². The van der Waals surface area contributed by atoms with Crippen molar-refractivity contribution in [3.05, 3.63) is 23.6 Å². The molecule has 0 atom stereocenters. The van der Waals surface area contributed by atoms with E-state index >= 15 is 0 Å². The maximum Gasteiger partial charge on any atom is 0.165 e. The van der Waals surface area contributed by atoms with E-state index in [0.717, 1.165) is 0 Å². The summed E-state index contributed by atoms with van der Waals surface area (Å²) in [5, 5.41) is 0.259. The number of hydrogen-bond acceptors (Lipinski definition) is 3. The van der Waals surface area contributed by atoms with Crippen LogP contribution in [0, 0.1) is 5.82 Å². The van der Waals surface area contributed by atoms with Gasteiger partial charge in [-0.1, -0.05) is 0 Å². The summed E-state index contributed by atoms with van der Waals surface area (Å²) in [6.07, 6.45) is 3.61. The number of hydrogen-bond donors (Lipinski definition) is 0. The van der Waals surface area contributed by atoms with Gasteiger partial charge in [0.1, 0.15) is 5.03 Å². The molecule has 0 aliphatic rings. The van der Waals surface area contributed by atoms with E-state index in [-0.39, 0.29) is 10.6 Å². The number of rotatable bonds is 2. The summed E-state index contributed by atoms with van der Waals surface area (Å²) in [5.74, 6) is -0.532. The molecule has 0 unspecified atom stereocenters. The Morgan fingerprint density at radius 3 is 3.00 bits per heavy atom. The number of carbonyl (C=O) groups excluding carboxylic acids is 1. The first-order valence-corrected chi connectivity index (χ1v) is 4.15. The Bertz CT molecular complexity index is 277. The van der Waals surface area contributed by atoms with E-state index in [0.29, 0.717) is 6.29 Å². The topological polar surface area (TPSA) is 30.0 Å². The lowest BCUT2D eigenvalue weighted by molar-refractivity contribution is 0.111. The van der Waals surface area contributed by atoms with Crippen molar-refractivity contribution in [1.29, 1.82) is 0 Å². The molecule has 0 spiro atoms. The second-order valence-corrected chi connectivity index (χ2v) is 2.64. The van der Waals surface area contributed by atoms with Gasteiger partial charge in [0.2, 0.25) is 0 Å². The number of thioether (sulfide) groups is 1. The fourth-order valence-electron chi connectivity index (χ4n) is 0.672. The summed E-state index contributed by atoms with van der Waals surface area (Å²) in [6, 6.07) is 1.35. The first-order chi connectivity index (χ1) is 5.29. The van der Waals surface area contributed by atoms with Crippen LogP contribution in [0.1, 0.15) is 10.4 Å². The monoisotopic (exact) mass is 171 g/mol. The average molecular weight is 171 g/mol. The van der Waals surface area contributed by atoms with Crippen LogP contribution in [-0.2, 0) is 0 Å². The largest absolute Gasteiger partial charge is 0.298 e. The highest BCUT2D eigenvalue weighted by Gasteiger charge is 2.06. The number of aldehydes is 1. The molecule has 0 radical (unpaired) electrons. The summed E-state index contributed by atoms with van der Waals surface area (Å²) in [7, 11) is 0. The Labute approximate surface area is 67.8 Å². The zero-order valence-electron chi connectivity index (χ0n) is 5.87. The molecule has 58 valence electrons. The number of carbonyl (C=O) groups is 1. The van der Waals surface area contributed by atoms with Gasteiger partial charge in [-0.3, -0.25) is 4.79 Å². The van der Waals surface area contributed by atoms with E-state index in [9.17, 15) is 9.18 Å². The van der Waals surface area contributed by atoms with Crippen molar-refractivity contribution in [2.24, 2.45) is 0 Å². The predicted octanol–water partition coefficient (Wildman–Crippen LogP) is 1.76. The van der Waals surface area contributed by atoms with E-state index in [4.69, 9.17) is 0 Å². The maximum atomic E-state index is 13.0. The fourth-order valence-corrected chi connectivity index (χ4v) is 1.14. The third kappa shape index (κ3) is 1.57. The van der Waals surface area contributed by atoms with Crippen molar-refractivity contribution in [3.8, 4) is 0 Å². The Balaban J connectivity index is 3.20. The third-order valence-electron chi connectivity index (χ3n) is 1.21. The van der Waals surface area contributed by atoms with Gasteiger partial charge in [-0.05, 0) is 12.3 Å². The van der Waals surface area contributed by atoms with Crippen LogP contribution in [0.5, 0.6) is 0 Å². The van der Waals surface area contributed by atoms with E-state index in [1.54, 1.807) is 6.26 Å². The molecule has 1 aromatic heterocycles. The highest BCUT2D eigenvalue weighted by Crippen LogP contribution is 2.17. The van der Waals surface area contributed by atoms with E-state index in [1.807, 2.05) is 0 Å². The Morgan fingerprint density at radius 2 is 2.45 bits per heavy atom. The number of pyridine rings is 1. The molecule has 0 saturated carbocycles. The van der Waals surface area contributed by atoms with Gasteiger partial charge in [-0.15, -0.1) is 11.8 Å². The molecule has 1 aromatic rings. The van der Waals surface area contributed by atoms with Gasteiger partial charge in [0.25, 0.3) is 0 Å². The highest BCUT2D eigenvalue weighted by molar-refractivity contribution is 7.98. The van der Waals surface area contributed by atoms with E-state index < -0.39 is 5.82 Å². The molecule has 1 rings (SSSR count). The van der Waals surface area contributed by atoms with Gasteiger partial charge >= 0.3 is 0 Å². The zero-order valence-corrected chi connectivity index (χ0v) is 6.69. The Kier molecular flexibility index (Phi) is 2.59. The molecule has 0 amide bonds. The van der Waals surface area contributed by atoms with Gasteiger partial charge in [0.15, 0.2) is 12.1 Å². The van der Waals surface area contributed by atoms with Crippen LogP contribution in [0.2, 0.25) is 0 Å². The van der Waals surface area contributed by atoms with E-state index in [1.165, 1.54) is 24.0 Å². The lowest BCUT2D eigenvalue weighted by Gasteiger charge is -1.97. The van der Waals surface area contributed by atoms with Crippen molar-refractivity contribution in [2.45, 2.75) is 5.03 Å². The number of halogens is 1. The SMILES string of the molecule is CSc1nccc(C=O)c1F. The summed E-state index contributed by atoms with van der Waals surface area (Å²) >= 11 is 1.18. The second-order valence-electron chi connectivity index (χ2n) is 1.84. The third-order valence-corrected chi connectivity index (χ3v) is 1.88. The second kappa shape index (κ2) is 3.48. The highest BCUT2D eigenvalue weighted by atomic mass is 32.2. The quantitative estimate of drug-likeness (QED) is 0.501. The Morgan fingerprint density at radius 1 is 1.73 bits per heavy atom. The summed E-state index contributed by atoms with van der Waals surface area (Å²) < 4.78 is 13.0. The van der Waals surface area contributed by atoms with Crippen LogP contribution in [-0.4, -0.2) is 17.5 Å². The van der Waals surface area contributed by atoms with Gasteiger partial charge < -0.3 is 0 Å². The minimum Gasteiger partial charge on any atom is -0.298 e. The summed E-state index contributed by atoms with van der Waals surface area (Å²) in [4.78, 5) is 14.0. The van der Waals surface area contributed by atoms with Crippen molar-refractivity contribution in [1.82, 2.24) is 4.98 Å². The molecule has 0 fully saturated rings. The molecular weight excluding hydrogens is 165 g/mol. The van der Waals surface area contributed by atoms with Crippen molar-refractivity contribution < 1.29 is 9.18 Å². The predicted molar refractivity (Wildman–Crippen MR) is 41.4 cm³/mol. The number of aromatic nitrogens is 1. The molecule has 0 aromatic carbocycles. The molecule has 0 aliphatic heterocycles. The zero-order chi connectivity index (χ0) is 8.27. The van der Waals surface area contributed by atoms with Crippen LogP contribution in [0.25, 0.3) is 0 Å². The molecule has 0 N–H and O–H groups in total. The smallest absolute Gasteiger partial charge is 0.165 e. The first-order valence-electron chi connectivity index (χ1n) is 2.93. The molecule has 2 nitrogen and oxygen atoms in total. The average Bonchev–Trinajstić information content (AvgIpc) is 2.05. The Hall–Kier alpha value is -0.900. The molecule has 0 aliphatic carbocycles. The van der Waals surface area contributed by atoms with Gasteiger partial charge in [-0.2, -0.15) is 0 Å². The van der Waals surface area contributed by atoms with Crippen molar-refractivity contribution in [3.63, 3.8) is 0 Å². The number of nitrogens with zero attached hydrogens (tertiary/aromatic N) is 1. The minimum absolute atomic E-state index is 0.0596. The first kappa shape index (κ1) is 8.20. The van der Waals surface area contributed by atoms with Gasteiger partial charge in [-0.25, -0.2) is 9.37 Å². The van der Waals surface area contributed by atoms with Crippen LogP contribution in [0.15, 0.2) is 17.3 Å². The minimum atomic E-state index is -0.532. The van der Waals surface area contributed by atoms with Gasteiger partial charge in [0.05, 0.1) is 5.56 Å².